The molecule has 0 saturated heterocycles. The van der Waals surface area contributed by atoms with E-state index in [0.29, 0.717) is 0 Å². The number of amides is 1. The van der Waals surface area contributed by atoms with Gasteiger partial charge in [0, 0.05) is 0 Å². The molecule has 2 rings (SSSR count). The Morgan fingerprint density at radius 3 is 2.32 bits per heavy atom. The maximum Gasteiger partial charge on any atom is 0.343 e. The third-order valence-electron chi connectivity index (χ3n) is 2.96. The molecule has 0 aliphatic heterocycles. The first kappa shape index (κ1) is 19.2. The topological polar surface area (TPSA) is 116 Å². The Balaban J connectivity index is 2.15. The van der Waals surface area contributed by atoms with Crippen molar-refractivity contribution in [1.29, 1.82) is 0 Å². The zero-order valence-corrected chi connectivity index (χ0v) is 14.9. The van der Waals surface area contributed by atoms with E-state index < -0.39 is 28.4 Å². The van der Waals surface area contributed by atoms with E-state index in [1.807, 2.05) is 4.72 Å². The average molecular weight is 403 g/mol. The van der Waals surface area contributed by atoms with E-state index in [4.69, 9.17) is 33.7 Å². The van der Waals surface area contributed by atoms with Gasteiger partial charge in [0.1, 0.15) is 5.02 Å². The number of hydrogen-bond donors (Lipinski definition) is 2. The summed E-state index contributed by atoms with van der Waals surface area (Å²) in [5.74, 6) is -1.47. The summed E-state index contributed by atoms with van der Waals surface area (Å²) < 4.78 is 31.0. The minimum Gasteiger partial charge on any atom is -0.421 e. The van der Waals surface area contributed by atoms with Gasteiger partial charge in [-0.25, -0.2) is 17.9 Å². The van der Waals surface area contributed by atoms with Crippen LogP contribution in [0.2, 0.25) is 10.0 Å². The molecular weight excluding hydrogens is 391 g/mol. The van der Waals surface area contributed by atoms with Gasteiger partial charge in [0.2, 0.25) is 15.9 Å². The van der Waals surface area contributed by atoms with Crippen molar-refractivity contribution in [3.8, 4) is 5.75 Å². The third kappa shape index (κ3) is 4.93. The molecule has 0 bridgehead atoms. The van der Waals surface area contributed by atoms with Gasteiger partial charge < -0.3 is 10.5 Å². The van der Waals surface area contributed by atoms with E-state index in [-0.39, 0.29) is 26.3 Å². The molecule has 0 aliphatic carbocycles. The minimum atomic E-state index is -3.91. The van der Waals surface area contributed by atoms with E-state index in [9.17, 15) is 18.0 Å². The quantitative estimate of drug-likeness (QED) is 0.565. The number of nitrogens with one attached hydrogen (secondary N) is 1. The molecule has 0 fully saturated rings. The lowest BCUT2D eigenvalue weighted by atomic mass is 10.2. The number of halogens is 2. The maximum atomic E-state index is 12.1. The SMILES string of the molecule is NC(=O)CNS(=O)(=O)c1ccc(C(=O)Oc2cccc(Cl)c2Cl)cc1. The molecule has 1 amide bonds. The highest BCUT2D eigenvalue weighted by Crippen LogP contribution is 2.31. The van der Waals surface area contributed by atoms with Crippen LogP contribution in [0, 0.1) is 0 Å². The van der Waals surface area contributed by atoms with Crippen molar-refractivity contribution in [2.45, 2.75) is 4.90 Å². The van der Waals surface area contributed by atoms with Gasteiger partial charge in [0.05, 0.1) is 22.0 Å². The zero-order valence-electron chi connectivity index (χ0n) is 12.5. The molecule has 0 radical (unpaired) electrons. The Hall–Kier alpha value is -2.13. The number of carbonyl (C=O) groups excluding carboxylic acids is 2. The van der Waals surface area contributed by atoms with Gasteiger partial charge in [0.25, 0.3) is 0 Å². The molecule has 25 heavy (non-hydrogen) atoms. The van der Waals surface area contributed by atoms with Gasteiger partial charge in [-0.05, 0) is 36.4 Å². The Bertz CT molecular complexity index is 914. The number of hydrogen-bond acceptors (Lipinski definition) is 5. The van der Waals surface area contributed by atoms with Crippen LogP contribution < -0.4 is 15.2 Å². The van der Waals surface area contributed by atoms with Crippen LogP contribution in [0.3, 0.4) is 0 Å². The lowest BCUT2D eigenvalue weighted by molar-refractivity contribution is -0.116. The summed E-state index contributed by atoms with van der Waals surface area (Å²) in [5, 5.41) is 0.321. The van der Waals surface area contributed by atoms with Crippen molar-refractivity contribution in [3.63, 3.8) is 0 Å². The van der Waals surface area contributed by atoms with Crippen molar-refractivity contribution in [2.75, 3.05) is 6.54 Å². The van der Waals surface area contributed by atoms with Crippen molar-refractivity contribution in [1.82, 2.24) is 4.72 Å². The molecule has 0 heterocycles. The molecule has 2 aromatic rings. The van der Waals surface area contributed by atoms with Gasteiger partial charge >= 0.3 is 5.97 Å². The number of rotatable bonds is 6. The molecule has 0 unspecified atom stereocenters. The van der Waals surface area contributed by atoms with Crippen LogP contribution in [0.25, 0.3) is 0 Å². The smallest absolute Gasteiger partial charge is 0.343 e. The van der Waals surface area contributed by atoms with Crippen molar-refractivity contribution in [2.24, 2.45) is 5.73 Å². The first-order valence-corrected chi connectivity index (χ1v) is 8.99. The fraction of sp³-hybridized carbons (Fsp3) is 0.0667. The van der Waals surface area contributed by atoms with Crippen LogP contribution >= 0.6 is 23.2 Å². The molecular formula is C15H12Cl2N2O5S. The molecule has 0 aromatic heterocycles. The fourth-order valence-electron chi connectivity index (χ4n) is 1.74. The van der Waals surface area contributed by atoms with Gasteiger partial charge in [-0.3, -0.25) is 4.79 Å². The van der Waals surface area contributed by atoms with Crippen LogP contribution in [0.4, 0.5) is 0 Å². The molecule has 0 spiro atoms. The van der Waals surface area contributed by atoms with Crippen LogP contribution in [0.1, 0.15) is 10.4 Å². The summed E-state index contributed by atoms with van der Waals surface area (Å²) in [5.41, 5.74) is 4.99. The van der Waals surface area contributed by atoms with Crippen LogP contribution in [0.5, 0.6) is 5.75 Å². The van der Waals surface area contributed by atoms with E-state index in [2.05, 4.69) is 0 Å². The van der Waals surface area contributed by atoms with Crippen LogP contribution in [-0.2, 0) is 14.8 Å². The second kappa shape index (κ2) is 7.83. The third-order valence-corrected chi connectivity index (χ3v) is 5.17. The highest BCUT2D eigenvalue weighted by molar-refractivity contribution is 7.89. The highest BCUT2D eigenvalue weighted by atomic mass is 35.5. The van der Waals surface area contributed by atoms with E-state index in [1.165, 1.54) is 30.3 Å². The van der Waals surface area contributed by atoms with Gasteiger partial charge in [0.15, 0.2) is 5.75 Å². The summed E-state index contributed by atoms with van der Waals surface area (Å²) in [6, 6.07) is 9.49. The van der Waals surface area contributed by atoms with E-state index in [1.54, 1.807) is 12.1 Å². The molecule has 3 N–H and O–H groups in total. The average Bonchev–Trinajstić information content (AvgIpc) is 2.57. The van der Waals surface area contributed by atoms with Gasteiger partial charge in [-0.1, -0.05) is 29.3 Å². The molecule has 7 nitrogen and oxygen atoms in total. The van der Waals surface area contributed by atoms with Gasteiger partial charge in [-0.2, -0.15) is 0 Å². The number of primary amides is 1. The largest absolute Gasteiger partial charge is 0.421 e. The Morgan fingerprint density at radius 1 is 1.08 bits per heavy atom. The summed E-state index contributed by atoms with van der Waals surface area (Å²) in [7, 11) is -3.91. The second-order valence-corrected chi connectivity index (χ2v) is 7.31. The first-order chi connectivity index (χ1) is 11.7. The monoisotopic (exact) mass is 402 g/mol. The summed E-state index contributed by atoms with van der Waals surface area (Å²) in [6.45, 7) is -0.528. The molecule has 0 atom stereocenters. The number of esters is 1. The number of benzene rings is 2. The molecule has 132 valence electrons. The van der Waals surface area contributed by atoms with E-state index in [0.717, 1.165) is 0 Å². The van der Waals surface area contributed by atoms with Crippen LogP contribution in [-0.4, -0.2) is 26.8 Å². The molecule has 0 aliphatic rings. The van der Waals surface area contributed by atoms with Gasteiger partial charge in [-0.15, -0.1) is 0 Å². The lowest BCUT2D eigenvalue weighted by Gasteiger charge is -2.08. The zero-order chi connectivity index (χ0) is 18.6. The second-order valence-electron chi connectivity index (χ2n) is 4.76. The molecule has 10 heteroatoms. The summed E-state index contributed by atoms with van der Waals surface area (Å²) in [4.78, 5) is 22.6. The summed E-state index contributed by atoms with van der Waals surface area (Å²) >= 11 is 11.8. The van der Waals surface area contributed by atoms with Crippen molar-refractivity contribution >= 4 is 45.1 Å². The molecule has 0 saturated carbocycles. The van der Waals surface area contributed by atoms with Crippen LogP contribution in [0.15, 0.2) is 47.4 Å². The predicted octanol–water partition coefficient (Wildman–Crippen LogP) is 1.98. The lowest BCUT2D eigenvalue weighted by Crippen LogP contribution is -2.33. The Labute approximate surface area is 153 Å². The minimum absolute atomic E-state index is 0.0824. The maximum absolute atomic E-state index is 12.1. The number of carbonyl (C=O) groups is 2. The highest BCUT2D eigenvalue weighted by Gasteiger charge is 2.17. The normalized spacial score (nSPS) is 11.1. The Morgan fingerprint density at radius 2 is 1.72 bits per heavy atom. The fourth-order valence-corrected chi connectivity index (χ4v) is 3.07. The predicted molar refractivity (Wildman–Crippen MR) is 92.2 cm³/mol. The first-order valence-electron chi connectivity index (χ1n) is 6.75. The standard InChI is InChI=1S/C15H12Cl2N2O5S/c16-11-2-1-3-12(14(11)17)24-15(21)9-4-6-10(7-5-9)25(22,23)19-8-13(18)20/h1-7,19H,8H2,(H2,18,20). The van der Waals surface area contributed by atoms with E-state index >= 15 is 0 Å². The Kier molecular flexibility index (Phi) is 6.02. The molecule has 2 aromatic carbocycles. The number of ether oxygens (including phenoxy) is 1. The van der Waals surface area contributed by atoms with Crippen molar-refractivity contribution < 1.29 is 22.7 Å². The number of nitrogens with two attached hydrogens (primary N) is 1. The summed E-state index contributed by atoms with van der Waals surface area (Å²) in [6.07, 6.45) is 0. The van der Waals surface area contributed by atoms with Crippen molar-refractivity contribution in [3.05, 3.63) is 58.1 Å². The number of sulfonamides is 1.